The number of nitrogens with two attached hydrogens (primary N) is 1. The fraction of sp³-hybridized carbons (Fsp3) is 0.933. The average molecular weight is 282 g/mol. The van der Waals surface area contributed by atoms with Gasteiger partial charge in [0.25, 0.3) is 0 Å². The topological polar surface area (TPSA) is 54.1 Å². The quantitative estimate of drug-likeness (QED) is 0.565. The Hall–Kier alpha value is -0.810. The predicted octanol–water partition coefficient (Wildman–Crippen LogP) is 1.29. The van der Waals surface area contributed by atoms with E-state index in [2.05, 4.69) is 14.8 Å². The lowest BCUT2D eigenvalue weighted by Gasteiger charge is -2.23. The molecule has 0 atom stereocenters. The Kier molecular flexibility index (Phi) is 6.60. The molecule has 0 spiro atoms. The van der Waals surface area contributed by atoms with E-state index in [0.717, 1.165) is 51.3 Å². The fourth-order valence-corrected chi connectivity index (χ4v) is 2.82. The van der Waals surface area contributed by atoms with E-state index in [9.17, 15) is 0 Å². The summed E-state index contributed by atoms with van der Waals surface area (Å²) in [7, 11) is 1.76. The molecule has 1 aliphatic heterocycles. The van der Waals surface area contributed by atoms with Crippen LogP contribution in [0.2, 0.25) is 0 Å². The molecule has 20 heavy (non-hydrogen) atoms. The van der Waals surface area contributed by atoms with Gasteiger partial charge in [0.2, 0.25) is 0 Å². The largest absolute Gasteiger partial charge is 0.383 e. The number of hydrogen-bond donors (Lipinski definition) is 1. The highest BCUT2D eigenvalue weighted by molar-refractivity contribution is 5.78. The van der Waals surface area contributed by atoms with Gasteiger partial charge in [0.15, 0.2) is 5.96 Å². The monoisotopic (exact) mass is 282 g/mol. The first kappa shape index (κ1) is 15.6. The molecule has 1 saturated carbocycles. The highest BCUT2D eigenvalue weighted by atomic mass is 16.5. The highest BCUT2D eigenvalue weighted by Gasteiger charge is 2.28. The van der Waals surface area contributed by atoms with E-state index < -0.39 is 0 Å². The van der Waals surface area contributed by atoms with Crippen molar-refractivity contribution in [2.45, 2.75) is 44.6 Å². The number of ether oxygens (including phenoxy) is 1. The Morgan fingerprint density at radius 3 is 2.50 bits per heavy atom. The lowest BCUT2D eigenvalue weighted by molar-refractivity contribution is 0.145. The SMILES string of the molecule is COCCN(CCN=C(N)N1CCCCCC1)C1CC1. The first-order valence-corrected chi connectivity index (χ1v) is 8.09. The van der Waals surface area contributed by atoms with Gasteiger partial charge in [-0.25, -0.2) is 0 Å². The molecule has 5 nitrogen and oxygen atoms in total. The number of rotatable bonds is 7. The molecule has 2 rings (SSSR count). The molecule has 1 aliphatic carbocycles. The van der Waals surface area contributed by atoms with Gasteiger partial charge >= 0.3 is 0 Å². The minimum Gasteiger partial charge on any atom is -0.383 e. The van der Waals surface area contributed by atoms with Gasteiger partial charge in [0.1, 0.15) is 0 Å². The lowest BCUT2D eigenvalue weighted by atomic mass is 10.2. The number of aliphatic imine (C=N–C) groups is 1. The molecule has 1 saturated heterocycles. The van der Waals surface area contributed by atoms with E-state index in [0.29, 0.717) is 0 Å². The van der Waals surface area contributed by atoms with Crippen molar-refractivity contribution >= 4 is 5.96 Å². The van der Waals surface area contributed by atoms with Crippen LogP contribution in [-0.2, 0) is 4.74 Å². The highest BCUT2D eigenvalue weighted by Crippen LogP contribution is 2.26. The second-order valence-corrected chi connectivity index (χ2v) is 5.90. The first-order valence-electron chi connectivity index (χ1n) is 8.09. The maximum absolute atomic E-state index is 6.13. The second-order valence-electron chi connectivity index (χ2n) is 5.90. The van der Waals surface area contributed by atoms with Crippen LogP contribution in [0.25, 0.3) is 0 Å². The molecular weight excluding hydrogens is 252 g/mol. The zero-order valence-electron chi connectivity index (χ0n) is 12.9. The van der Waals surface area contributed by atoms with Gasteiger partial charge in [-0.2, -0.15) is 0 Å². The van der Waals surface area contributed by atoms with E-state index in [-0.39, 0.29) is 0 Å². The molecule has 0 bridgehead atoms. The molecule has 2 N–H and O–H groups in total. The van der Waals surface area contributed by atoms with Gasteiger partial charge in [-0.3, -0.25) is 9.89 Å². The van der Waals surface area contributed by atoms with Crippen LogP contribution in [0.5, 0.6) is 0 Å². The van der Waals surface area contributed by atoms with E-state index in [1.54, 1.807) is 7.11 Å². The van der Waals surface area contributed by atoms with Gasteiger partial charge < -0.3 is 15.4 Å². The van der Waals surface area contributed by atoms with Crippen LogP contribution in [0.1, 0.15) is 38.5 Å². The van der Waals surface area contributed by atoms with E-state index >= 15 is 0 Å². The third-order valence-electron chi connectivity index (χ3n) is 4.24. The van der Waals surface area contributed by atoms with Crippen molar-refractivity contribution in [2.24, 2.45) is 10.7 Å². The molecule has 0 amide bonds. The maximum atomic E-state index is 6.13. The molecule has 116 valence electrons. The van der Waals surface area contributed by atoms with Crippen LogP contribution < -0.4 is 5.73 Å². The van der Waals surface area contributed by atoms with E-state index in [1.807, 2.05) is 0 Å². The van der Waals surface area contributed by atoms with Crippen LogP contribution in [0.15, 0.2) is 4.99 Å². The summed E-state index contributed by atoms with van der Waals surface area (Å²) in [6.07, 6.45) is 7.81. The van der Waals surface area contributed by atoms with Gasteiger partial charge in [-0.05, 0) is 25.7 Å². The molecule has 0 aromatic carbocycles. The zero-order valence-corrected chi connectivity index (χ0v) is 12.9. The summed E-state index contributed by atoms with van der Waals surface area (Å²) in [5, 5.41) is 0. The minimum absolute atomic E-state index is 0.745. The summed E-state index contributed by atoms with van der Waals surface area (Å²) in [5.41, 5.74) is 6.13. The average Bonchev–Trinajstić information content (AvgIpc) is 3.28. The van der Waals surface area contributed by atoms with Gasteiger partial charge in [-0.15, -0.1) is 0 Å². The van der Waals surface area contributed by atoms with E-state index in [4.69, 9.17) is 10.5 Å². The summed E-state index contributed by atoms with van der Waals surface area (Å²) >= 11 is 0. The van der Waals surface area contributed by atoms with Crippen molar-refractivity contribution in [3.05, 3.63) is 0 Å². The Bertz CT molecular complexity index is 296. The number of guanidine groups is 1. The zero-order chi connectivity index (χ0) is 14.2. The van der Waals surface area contributed by atoms with Crippen LogP contribution in [-0.4, -0.2) is 68.2 Å². The molecular formula is C15H30N4O. The molecule has 0 radical (unpaired) electrons. The summed E-state index contributed by atoms with van der Waals surface area (Å²) in [6.45, 7) is 5.78. The van der Waals surface area contributed by atoms with Crippen molar-refractivity contribution in [1.82, 2.24) is 9.80 Å². The minimum atomic E-state index is 0.745. The van der Waals surface area contributed by atoms with Crippen LogP contribution >= 0.6 is 0 Å². The molecule has 0 aromatic rings. The summed E-state index contributed by atoms with van der Waals surface area (Å²) < 4.78 is 5.18. The molecule has 2 fully saturated rings. The van der Waals surface area contributed by atoms with Crippen molar-refractivity contribution in [3.63, 3.8) is 0 Å². The number of nitrogens with zero attached hydrogens (tertiary/aromatic N) is 3. The van der Waals surface area contributed by atoms with Crippen molar-refractivity contribution < 1.29 is 4.74 Å². The summed E-state index contributed by atoms with van der Waals surface area (Å²) in [5.74, 6) is 0.745. The van der Waals surface area contributed by atoms with Gasteiger partial charge in [-0.1, -0.05) is 12.8 Å². The smallest absolute Gasteiger partial charge is 0.191 e. The van der Waals surface area contributed by atoms with E-state index in [1.165, 1.54) is 38.5 Å². The van der Waals surface area contributed by atoms with Crippen molar-refractivity contribution in [3.8, 4) is 0 Å². The second kappa shape index (κ2) is 8.47. The maximum Gasteiger partial charge on any atom is 0.191 e. The molecule has 5 heteroatoms. The third-order valence-corrected chi connectivity index (χ3v) is 4.24. The molecule has 0 unspecified atom stereocenters. The normalized spacial score (nSPS) is 21.3. The summed E-state index contributed by atoms with van der Waals surface area (Å²) in [6, 6.07) is 0.764. The molecule has 2 aliphatic rings. The van der Waals surface area contributed by atoms with Crippen molar-refractivity contribution in [1.29, 1.82) is 0 Å². The Balaban J connectivity index is 1.72. The first-order chi connectivity index (χ1) is 9.81. The Morgan fingerprint density at radius 1 is 1.20 bits per heavy atom. The van der Waals surface area contributed by atoms with Crippen molar-refractivity contribution in [2.75, 3.05) is 46.4 Å². The third kappa shape index (κ3) is 5.29. The number of methoxy groups -OCH3 is 1. The molecule has 0 aromatic heterocycles. The summed E-state index contributed by atoms with van der Waals surface area (Å²) in [4.78, 5) is 9.33. The fourth-order valence-electron chi connectivity index (χ4n) is 2.82. The van der Waals surface area contributed by atoms with Gasteiger partial charge in [0, 0.05) is 39.3 Å². The standard InChI is InChI=1S/C15H30N4O/c1-20-13-12-18(14-6-7-14)11-8-17-15(16)19-9-4-2-3-5-10-19/h14H,2-13H2,1H3,(H2,16,17). The lowest BCUT2D eigenvalue weighted by Crippen LogP contribution is -2.39. The Morgan fingerprint density at radius 2 is 1.90 bits per heavy atom. The number of hydrogen-bond acceptors (Lipinski definition) is 3. The Labute approximate surface area is 123 Å². The number of likely N-dealkylation sites (tertiary alicyclic amines) is 1. The van der Waals surface area contributed by atoms with Crippen LogP contribution in [0, 0.1) is 0 Å². The van der Waals surface area contributed by atoms with Gasteiger partial charge in [0.05, 0.1) is 13.2 Å². The molecule has 1 heterocycles. The predicted molar refractivity (Wildman–Crippen MR) is 83.0 cm³/mol. The van der Waals surface area contributed by atoms with Crippen LogP contribution in [0.4, 0.5) is 0 Å². The van der Waals surface area contributed by atoms with Crippen LogP contribution in [0.3, 0.4) is 0 Å².